The van der Waals surface area contributed by atoms with Gasteiger partial charge in [-0.3, -0.25) is 9.78 Å². The average molecular weight is 292 g/mol. The molecule has 1 amide bonds. The van der Waals surface area contributed by atoms with Crippen molar-refractivity contribution in [2.75, 3.05) is 19.6 Å². The molecule has 0 aliphatic carbocycles. The minimum absolute atomic E-state index is 0. The topological polar surface area (TPSA) is 45.2 Å². The molecule has 0 spiro atoms. The fourth-order valence-electron chi connectivity index (χ4n) is 1.90. The van der Waals surface area contributed by atoms with Crippen molar-refractivity contribution in [3.05, 3.63) is 29.6 Å². The van der Waals surface area contributed by atoms with Gasteiger partial charge in [0.05, 0.1) is 5.56 Å². The summed E-state index contributed by atoms with van der Waals surface area (Å²) in [4.78, 5) is 18.2. The standard InChI is InChI=1S/C12H17N3O.2ClH/c1-9-3-4-11(8-14-9)12(16)15-6-5-13-7-10(15)2;;/h3-4,8,10,13H,5-7H2,1-2H3;2*1H/t10-;;/m1../s1. The maximum Gasteiger partial charge on any atom is 0.255 e. The number of hydrogen-bond donors (Lipinski definition) is 1. The summed E-state index contributed by atoms with van der Waals surface area (Å²) in [5.74, 6) is 0.0847. The first-order chi connectivity index (χ1) is 7.68. The third-order valence-corrected chi connectivity index (χ3v) is 2.92. The van der Waals surface area contributed by atoms with Crippen molar-refractivity contribution in [3.8, 4) is 0 Å². The normalized spacial score (nSPS) is 18.6. The molecule has 0 bridgehead atoms. The highest BCUT2D eigenvalue weighted by Gasteiger charge is 2.23. The highest BCUT2D eigenvalue weighted by atomic mass is 35.5. The number of carbonyl (C=O) groups is 1. The second-order valence-corrected chi connectivity index (χ2v) is 4.24. The van der Waals surface area contributed by atoms with Gasteiger partial charge in [0.15, 0.2) is 0 Å². The molecule has 102 valence electrons. The van der Waals surface area contributed by atoms with Crippen LogP contribution in [0.5, 0.6) is 0 Å². The number of carbonyl (C=O) groups excluding carboxylic acids is 1. The van der Waals surface area contributed by atoms with E-state index >= 15 is 0 Å². The van der Waals surface area contributed by atoms with E-state index in [4.69, 9.17) is 0 Å². The van der Waals surface area contributed by atoms with Crippen LogP contribution in [0.15, 0.2) is 18.3 Å². The van der Waals surface area contributed by atoms with Crippen LogP contribution in [0.2, 0.25) is 0 Å². The van der Waals surface area contributed by atoms with Gasteiger partial charge in [-0.15, -0.1) is 24.8 Å². The number of nitrogens with one attached hydrogen (secondary N) is 1. The molecule has 1 atom stereocenters. The Bertz CT molecular complexity index is 383. The Balaban J connectivity index is 0.00000144. The van der Waals surface area contributed by atoms with Gasteiger partial charge in [-0.1, -0.05) is 0 Å². The molecule has 1 aromatic rings. The summed E-state index contributed by atoms with van der Waals surface area (Å²) in [5.41, 5.74) is 1.62. The Labute approximate surface area is 120 Å². The van der Waals surface area contributed by atoms with E-state index in [0.29, 0.717) is 5.56 Å². The first-order valence-electron chi connectivity index (χ1n) is 5.63. The third-order valence-electron chi connectivity index (χ3n) is 2.92. The summed E-state index contributed by atoms with van der Waals surface area (Å²) < 4.78 is 0. The van der Waals surface area contributed by atoms with Crippen LogP contribution in [0.25, 0.3) is 0 Å². The van der Waals surface area contributed by atoms with Crippen molar-refractivity contribution in [2.24, 2.45) is 0 Å². The Hall–Kier alpha value is -0.840. The van der Waals surface area contributed by atoms with E-state index in [1.807, 2.05) is 24.0 Å². The minimum atomic E-state index is 0. The van der Waals surface area contributed by atoms with Gasteiger partial charge >= 0.3 is 0 Å². The van der Waals surface area contributed by atoms with E-state index in [9.17, 15) is 4.79 Å². The second-order valence-electron chi connectivity index (χ2n) is 4.24. The molecule has 1 fully saturated rings. The minimum Gasteiger partial charge on any atom is -0.333 e. The Morgan fingerprint density at radius 3 is 2.72 bits per heavy atom. The number of hydrogen-bond acceptors (Lipinski definition) is 3. The fraction of sp³-hybridized carbons (Fsp3) is 0.500. The second kappa shape index (κ2) is 7.56. The smallest absolute Gasteiger partial charge is 0.255 e. The quantitative estimate of drug-likeness (QED) is 0.856. The van der Waals surface area contributed by atoms with Gasteiger partial charge in [-0.05, 0) is 26.0 Å². The number of pyridine rings is 1. The van der Waals surface area contributed by atoms with Crippen LogP contribution in [0, 0.1) is 6.92 Å². The van der Waals surface area contributed by atoms with Gasteiger partial charge in [0.1, 0.15) is 0 Å². The lowest BCUT2D eigenvalue weighted by molar-refractivity contribution is 0.0655. The maximum absolute atomic E-state index is 12.2. The lowest BCUT2D eigenvalue weighted by Crippen LogP contribution is -2.52. The largest absolute Gasteiger partial charge is 0.333 e. The zero-order valence-electron chi connectivity index (χ0n) is 10.5. The molecule has 0 aromatic carbocycles. The summed E-state index contributed by atoms with van der Waals surface area (Å²) in [7, 11) is 0. The highest BCUT2D eigenvalue weighted by Crippen LogP contribution is 2.09. The lowest BCUT2D eigenvalue weighted by Gasteiger charge is -2.33. The number of nitrogens with zero attached hydrogens (tertiary/aromatic N) is 2. The van der Waals surface area contributed by atoms with Crippen molar-refractivity contribution in [1.82, 2.24) is 15.2 Å². The van der Waals surface area contributed by atoms with Gasteiger partial charge in [0.25, 0.3) is 5.91 Å². The van der Waals surface area contributed by atoms with Crippen molar-refractivity contribution in [2.45, 2.75) is 19.9 Å². The number of rotatable bonds is 1. The van der Waals surface area contributed by atoms with Crippen molar-refractivity contribution >= 4 is 30.7 Å². The predicted octanol–water partition coefficient (Wildman–Crippen LogP) is 1.67. The average Bonchev–Trinajstić information content (AvgIpc) is 2.30. The third kappa shape index (κ3) is 3.83. The molecular formula is C12H19Cl2N3O. The number of amides is 1. The van der Waals surface area contributed by atoms with Gasteiger partial charge in [0, 0.05) is 37.6 Å². The molecule has 4 nitrogen and oxygen atoms in total. The van der Waals surface area contributed by atoms with E-state index in [0.717, 1.165) is 25.3 Å². The molecule has 0 unspecified atom stereocenters. The Kier molecular flexibility index (Phi) is 7.21. The van der Waals surface area contributed by atoms with Crippen LogP contribution in [0.3, 0.4) is 0 Å². The highest BCUT2D eigenvalue weighted by molar-refractivity contribution is 5.94. The van der Waals surface area contributed by atoms with Crippen LogP contribution in [-0.4, -0.2) is 41.5 Å². The first kappa shape index (κ1) is 17.2. The summed E-state index contributed by atoms with van der Waals surface area (Å²) in [5, 5.41) is 3.27. The van der Waals surface area contributed by atoms with E-state index < -0.39 is 0 Å². The van der Waals surface area contributed by atoms with Gasteiger partial charge in [0.2, 0.25) is 0 Å². The van der Waals surface area contributed by atoms with Crippen LogP contribution < -0.4 is 5.32 Å². The monoisotopic (exact) mass is 291 g/mol. The molecule has 1 aliphatic rings. The van der Waals surface area contributed by atoms with E-state index in [1.54, 1.807) is 6.20 Å². The number of aryl methyl sites for hydroxylation is 1. The number of aromatic nitrogens is 1. The number of piperazine rings is 1. The summed E-state index contributed by atoms with van der Waals surface area (Å²) in [6.07, 6.45) is 1.66. The van der Waals surface area contributed by atoms with Crippen molar-refractivity contribution in [1.29, 1.82) is 0 Å². The summed E-state index contributed by atoms with van der Waals surface area (Å²) in [6.45, 7) is 6.49. The van der Waals surface area contributed by atoms with E-state index in [-0.39, 0.29) is 36.8 Å². The molecule has 0 saturated carbocycles. The van der Waals surface area contributed by atoms with Crippen molar-refractivity contribution in [3.63, 3.8) is 0 Å². The first-order valence-corrected chi connectivity index (χ1v) is 5.63. The van der Waals surface area contributed by atoms with Crippen LogP contribution >= 0.6 is 24.8 Å². The molecule has 1 aliphatic heterocycles. The van der Waals surface area contributed by atoms with Gasteiger partial charge in [-0.25, -0.2) is 0 Å². The predicted molar refractivity (Wildman–Crippen MR) is 76.8 cm³/mol. The van der Waals surface area contributed by atoms with Crippen molar-refractivity contribution < 1.29 is 4.79 Å². The fourth-order valence-corrected chi connectivity index (χ4v) is 1.90. The molecule has 1 N–H and O–H groups in total. The van der Waals surface area contributed by atoms with E-state index in [1.165, 1.54) is 0 Å². The molecule has 1 saturated heterocycles. The molecule has 0 radical (unpaired) electrons. The molecule has 18 heavy (non-hydrogen) atoms. The van der Waals surface area contributed by atoms with Crippen LogP contribution in [0.1, 0.15) is 23.0 Å². The SMILES string of the molecule is Cc1ccc(C(=O)N2CCNC[C@H]2C)cn1.Cl.Cl. The van der Waals surface area contributed by atoms with Gasteiger partial charge < -0.3 is 10.2 Å². The van der Waals surface area contributed by atoms with E-state index in [2.05, 4.69) is 17.2 Å². The molecule has 2 rings (SSSR count). The zero-order chi connectivity index (χ0) is 11.5. The molecule has 6 heteroatoms. The summed E-state index contributed by atoms with van der Waals surface area (Å²) >= 11 is 0. The van der Waals surface area contributed by atoms with Crippen LogP contribution in [-0.2, 0) is 0 Å². The number of halogens is 2. The molecular weight excluding hydrogens is 273 g/mol. The van der Waals surface area contributed by atoms with Gasteiger partial charge in [-0.2, -0.15) is 0 Å². The molecule has 1 aromatic heterocycles. The molecule has 2 heterocycles. The zero-order valence-corrected chi connectivity index (χ0v) is 12.2. The Morgan fingerprint density at radius 1 is 1.44 bits per heavy atom. The summed E-state index contributed by atoms with van der Waals surface area (Å²) in [6, 6.07) is 3.97. The van der Waals surface area contributed by atoms with Crippen LogP contribution in [0.4, 0.5) is 0 Å². The maximum atomic E-state index is 12.2. The lowest BCUT2D eigenvalue weighted by atomic mass is 10.1. The Morgan fingerprint density at radius 2 is 2.17 bits per heavy atom.